The summed E-state index contributed by atoms with van der Waals surface area (Å²) in [6.45, 7) is 8.29. The van der Waals surface area contributed by atoms with Gasteiger partial charge in [0.2, 0.25) is 5.95 Å². The van der Waals surface area contributed by atoms with Crippen LogP contribution in [0, 0.1) is 12.3 Å². The van der Waals surface area contributed by atoms with Gasteiger partial charge in [0.15, 0.2) is 0 Å². The highest BCUT2D eigenvalue weighted by Gasteiger charge is 2.34. The summed E-state index contributed by atoms with van der Waals surface area (Å²) in [5.41, 5.74) is 7.26. The van der Waals surface area contributed by atoms with Crippen molar-refractivity contribution in [3.05, 3.63) is 18.0 Å². The van der Waals surface area contributed by atoms with Crippen LogP contribution in [0.25, 0.3) is 0 Å². The van der Waals surface area contributed by atoms with Crippen molar-refractivity contribution in [2.75, 3.05) is 18.0 Å². The normalized spacial score (nSPS) is 24.5. The number of hydrogen-bond acceptors (Lipinski definition) is 4. The van der Waals surface area contributed by atoms with E-state index in [1.54, 1.807) is 0 Å². The number of aryl methyl sites for hydroxylation is 1. The third kappa shape index (κ3) is 2.16. The molecule has 88 valence electrons. The van der Waals surface area contributed by atoms with Gasteiger partial charge in [-0.2, -0.15) is 0 Å². The first-order chi connectivity index (χ1) is 7.49. The Balaban J connectivity index is 2.18. The van der Waals surface area contributed by atoms with Gasteiger partial charge < -0.3 is 10.6 Å². The number of anilines is 1. The number of nitrogens with zero attached hydrogens (tertiary/aromatic N) is 3. The predicted octanol–water partition coefficient (Wildman–Crippen LogP) is 1.35. The lowest BCUT2D eigenvalue weighted by molar-refractivity contribution is 0.243. The first-order valence-electron chi connectivity index (χ1n) is 5.79. The molecule has 16 heavy (non-hydrogen) atoms. The average molecular weight is 220 g/mol. The molecule has 1 saturated heterocycles. The number of aromatic nitrogens is 2. The number of rotatable bonds is 1. The summed E-state index contributed by atoms with van der Waals surface area (Å²) in [6, 6.07) is 2.19. The Labute approximate surface area is 96.9 Å². The van der Waals surface area contributed by atoms with E-state index in [2.05, 4.69) is 28.7 Å². The van der Waals surface area contributed by atoms with E-state index in [4.69, 9.17) is 5.73 Å². The lowest BCUT2D eigenvalue weighted by Crippen LogP contribution is -2.52. The van der Waals surface area contributed by atoms with Crippen molar-refractivity contribution in [3.63, 3.8) is 0 Å². The summed E-state index contributed by atoms with van der Waals surface area (Å²) < 4.78 is 0. The molecule has 1 aliphatic heterocycles. The third-order valence-electron chi connectivity index (χ3n) is 3.38. The fourth-order valence-corrected chi connectivity index (χ4v) is 2.13. The molecule has 1 aromatic rings. The Morgan fingerprint density at radius 1 is 1.50 bits per heavy atom. The minimum absolute atomic E-state index is 0.130. The molecule has 1 unspecified atom stereocenters. The maximum Gasteiger partial charge on any atom is 0.225 e. The highest BCUT2D eigenvalue weighted by atomic mass is 15.3. The van der Waals surface area contributed by atoms with E-state index in [0.29, 0.717) is 0 Å². The molecule has 4 nitrogen and oxygen atoms in total. The molecule has 0 aromatic carbocycles. The van der Waals surface area contributed by atoms with Crippen molar-refractivity contribution in [1.82, 2.24) is 9.97 Å². The molecule has 0 spiro atoms. The predicted molar refractivity (Wildman–Crippen MR) is 65.4 cm³/mol. The molecule has 2 rings (SSSR count). The van der Waals surface area contributed by atoms with Crippen molar-refractivity contribution >= 4 is 5.95 Å². The van der Waals surface area contributed by atoms with Crippen molar-refractivity contribution in [1.29, 1.82) is 0 Å². The maximum atomic E-state index is 6.12. The minimum atomic E-state index is 0.130. The molecular formula is C12H20N4. The average Bonchev–Trinajstić information content (AvgIpc) is 2.22. The van der Waals surface area contributed by atoms with E-state index in [1.165, 1.54) is 0 Å². The van der Waals surface area contributed by atoms with Gasteiger partial charge in [0.05, 0.1) is 0 Å². The molecule has 0 aliphatic carbocycles. The summed E-state index contributed by atoms with van der Waals surface area (Å²) in [4.78, 5) is 11.0. The van der Waals surface area contributed by atoms with Gasteiger partial charge in [-0.25, -0.2) is 9.97 Å². The van der Waals surface area contributed by atoms with Crippen LogP contribution < -0.4 is 10.6 Å². The molecule has 0 radical (unpaired) electrons. The van der Waals surface area contributed by atoms with Crippen LogP contribution in [0.2, 0.25) is 0 Å². The highest BCUT2D eigenvalue weighted by molar-refractivity contribution is 5.32. The van der Waals surface area contributed by atoms with E-state index >= 15 is 0 Å². The molecule has 1 aromatic heterocycles. The van der Waals surface area contributed by atoms with E-state index in [9.17, 15) is 0 Å². The van der Waals surface area contributed by atoms with E-state index in [-0.39, 0.29) is 11.5 Å². The van der Waals surface area contributed by atoms with Crippen molar-refractivity contribution in [2.24, 2.45) is 11.1 Å². The van der Waals surface area contributed by atoms with E-state index in [0.717, 1.165) is 31.2 Å². The first-order valence-corrected chi connectivity index (χ1v) is 5.79. The second kappa shape index (κ2) is 4.01. The van der Waals surface area contributed by atoms with E-state index < -0.39 is 0 Å². The fraction of sp³-hybridized carbons (Fsp3) is 0.667. The monoisotopic (exact) mass is 220 g/mol. The van der Waals surface area contributed by atoms with Gasteiger partial charge in [-0.05, 0) is 24.8 Å². The first kappa shape index (κ1) is 11.3. The van der Waals surface area contributed by atoms with Crippen LogP contribution in [0.15, 0.2) is 12.3 Å². The third-order valence-corrected chi connectivity index (χ3v) is 3.38. The second-order valence-corrected chi connectivity index (χ2v) is 5.30. The van der Waals surface area contributed by atoms with Crippen LogP contribution in [0.5, 0.6) is 0 Å². The zero-order valence-corrected chi connectivity index (χ0v) is 10.3. The van der Waals surface area contributed by atoms with Crippen LogP contribution in [0.1, 0.15) is 26.0 Å². The Hall–Kier alpha value is -1.16. The molecular weight excluding hydrogens is 200 g/mol. The molecule has 0 bridgehead atoms. The van der Waals surface area contributed by atoms with Gasteiger partial charge in [-0.3, -0.25) is 0 Å². The van der Waals surface area contributed by atoms with Gasteiger partial charge in [0, 0.05) is 31.0 Å². The summed E-state index contributed by atoms with van der Waals surface area (Å²) in [5, 5.41) is 0. The number of nitrogens with two attached hydrogens (primary N) is 1. The van der Waals surface area contributed by atoms with Gasteiger partial charge in [-0.1, -0.05) is 13.8 Å². The smallest absolute Gasteiger partial charge is 0.225 e. The van der Waals surface area contributed by atoms with Crippen LogP contribution in [0.4, 0.5) is 5.95 Å². The quantitative estimate of drug-likeness (QED) is 0.776. The zero-order valence-electron chi connectivity index (χ0n) is 10.3. The molecule has 0 amide bonds. The Bertz CT molecular complexity index is 375. The van der Waals surface area contributed by atoms with Gasteiger partial charge >= 0.3 is 0 Å². The second-order valence-electron chi connectivity index (χ2n) is 5.30. The highest BCUT2D eigenvalue weighted by Crippen LogP contribution is 2.29. The Kier molecular flexibility index (Phi) is 2.84. The number of piperidine rings is 1. The zero-order chi connectivity index (χ0) is 11.8. The molecule has 4 heteroatoms. The Morgan fingerprint density at radius 3 is 2.88 bits per heavy atom. The molecule has 0 saturated carbocycles. The topological polar surface area (TPSA) is 55.0 Å². The maximum absolute atomic E-state index is 6.12. The Morgan fingerprint density at radius 2 is 2.25 bits per heavy atom. The van der Waals surface area contributed by atoms with Crippen LogP contribution in [-0.2, 0) is 0 Å². The van der Waals surface area contributed by atoms with E-state index in [1.807, 2.05) is 19.2 Å². The largest absolute Gasteiger partial charge is 0.340 e. The molecule has 2 N–H and O–H groups in total. The van der Waals surface area contributed by atoms with Crippen LogP contribution in [0.3, 0.4) is 0 Å². The van der Waals surface area contributed by atoms with Crippen molar-refractivity contribution in [3.8, 4) is 0 Å². The summed E-state index contributed by atoms with van der Waals surface area (Å²) in [6.07, 6.45) is 2.82. The lowest BCUT2D eigenvalue weighted by Gasteiger charge is -2.42. The fourth-order valence-electron chi connectivity index (χ4n) is 2.13. The van der Waals surface area contributed by atoms with Gasteiger partial charge in [0.1, 0.15) is 0 Å². The van der Waals surface area contributed by atoms with Gasteiger partial charge in [0.25, 0.3) is 0 Å². The molecule has 1 fully saturated rings. The minimum Gasteiger partial charge on any atom is -0.340 e. The van der Waals surface area contributed by atoms with Crippen molar-refractivity contribution < 1.29 is 0 Å². The summed E-state index contributed by atoms with van der Waals surface area (Å²) in [7, 11) is 0. The summed E-state index contributed by atoms with van der Waals surface area (Å²) >= 11 is 0. The van der Waals surface area contributed by atoms with Crippen molar-refractivity contribution in [2.45, 2.75) is 33.2 Å². The van der Waals surface area contributed by atoms with Crippen LogP contribution >= 0.6 is 0 Å². The molecule has 1 atom stereocenters. The SMILES string of the molecule is Cc1ccnc(N2CCC(N)C(C)(C)C2)n1. The summed E-state index contributed by atoms with van der Waals surface area (Å²) in [5.74, 6) is 0.833. The van der Waals surface area contributed by atoms with Gasteiger partial charge in [-0.15, -0.1) is 0 Å². The molecule has 2 heterocycles. The number of hydrogen-bond donors (Lipinski definition) is 1. The lowest BCUT2D eigenvalue weighted by atomic mass is 9.80. The van der Waals surface area contributed by atoms with Crippen LogP contribution in [-0.4, -0.2) is 29.1 Å². The standard InChI is InChI=1S/C12H20N4/c1-9-4-6-14-11(15-9)16-7-5-10(13)12(2,3)8-16/h4,6,10H,5,7-8,13H2,1-3H3. The molecule has 1 aliphatic rings.